The lowest BCUT2D eigenvalue weighted by molar-refractivity contribution is 0.0937. The average Bonchev–Trinajstić information content (AvgIpc) is 3.17. The molecule has 2 aromatic heterocycles. The molecule has 2 atom stereocenters. The Morgan fingerprint density at radius 3 is 3.00 bits per heavy atom. The van der Waals surface area contributed by atoms with Gasteiger partial charge in [0.25, 0.3) is 5.56 Å². The number of aryl methyl sites for hydroxylation is 2. The lowest BCUT2D eigenvalue weighted by Crippen LogP contribution is -2.29. The highest BCUT2D eigenvalue weighted by Gasteiger charge is 2.23. The minimum Gasteiger partial charge on any atom is -0.376 e. The second-order valence-electron chi connectivity index (χ2n) is 6.00. The lowest BCUT2D eigenvalue weighted by atomic mass is 10.1. The normalized spacial score (nSPS) is 18.8. The van der Waals surface area contributed by atoms with Crippen molar-refractivity contribution >= 4 is 33.3 Å². The molecule has 0 N–H and O–H groups in total. The van der Waals surface area contributed by atoms with E-state index in [1.807, 2.05) is 13.8 Å². The van der Waals surface area contributed by atoms with E-state index in [9.17, 15) is 4.79 Å². The first-order chi connectivity index (χ1) is 11.5. The largest absolute Gasteiger partial charge is 0.376 e. The molecule has 0 amide bonds. The number of fused-ring (bicyclic) bond motifs is 1. The van der Waals surface area contributed by atoms with Crippen molar-refractivity contribution in [2.24, 2.45) is 0 Å². The third-order valence-corrected chi connectivity index (χ3v) is 6.33. The molecule has 5 nitrogen and oxygen atoms in total. The minimum atomic E-state index is -0.253. The monoisotopic (exact) mass is 363 g/mol. The molecule has 1 aliphatic heterocycles. The number of thiophene rings is 1. The topological polar surface area (TPSA) is 67.9 Å². The SMILES string of the molecule is CCc1c(C)sc2nc(SC(C)C#N)n(CC3CCCO3)c(=O)c12. The molecule has 1 fully saturated rings. The van der Waals surface area contributed by atoms with Crippen molar-refractivity contribution in [2.75, 3.05) is 6.61 Å². The summed E-state index contributed by atoms with van der Waals surface area (Å²) in [6.45, 7) is 7.21. The fourth-order valence-electron chi connectivity index (χ4n) is 3.08. The van der Waals surface area contributed by atoms with Gasteiger partial charge in [0.2, 0.25) is 0 Å². The van der Waals surface area contributed by atoms with Gasteiger partial charge in [0, 0.05) is 11.5 Å². The van der Waals surface area contributed by atoms with Crippen molar-refractivity contribution < 1.29 is 4.74 Å². The molecule has 0 aliphatic carbocycles. The van der Waals surface area contributed by atoms with Gasteiger partial charge >= 0.3 is 0 Å². The smallest absolute Gasteiger partial charge is 0.263 e. The number of hydrogen-bond donors (Lipinski definition) is 0. The van der Waals surface area contributed by atoms with Gasteiger partial charge in [-0.1, -0.05) is 18.7 Å². The van der Waals surface area contributed by atoms with E-state index in [1.165, 1.54) is 11.8 Å². The van der Waals surface area contributed by atoms with E-state index in [1.54, 1.807) is 15.9 Å². The van der Waals surface area contributed by atoms with E-state index in [0.29, 0.717) is 11.7 Å². The van der Waals surface area contributed by atoms with E-state index in [0.717, 1.165) is 46.5 Å². The molecule has 2 unspecified atom stereocenters. The summed E-state index contributed by atoms with van der Waals surface area (Å²) in [6.07, 6.45) is 2.88. The van der Waals surface area contributed by atoms with Crippen molar-refractivity contribution in [3.05, 3.63) is 20.8 Å². The van der Waals surface area contributed by atoms with Gasteiger partial charge in [-0.3, -0.25) is 9.36 Å². The van der Waals surface area contributed by atoms with E-state index < -0.39 is 0 Å². The zero-order valence-corrected chi connectivity index (χ0v) is 15.8. The number of aromatic nitrogens is 2. The van der Waals surface area contributed by atoms with Crippen LogP contribution in [0.25, 0.3) is 10.2 Å². The molecule has 1 saturated heterocycles. The predicted octanol–water partition coefficient (Wildman–Crippen LogP) is 3.51. The van der Waals surface area contributed by atoms with Crippen LogP contribution in [0.3, 0.4) is 0 Å². The maximum atomic E-state index is 13.2. The summed E-state index contributed by atoms with van der Waals surface area (Å²) >= 11 is 2.91. The van der Waals surface area contributed by atoms with Crippen LogP contribution in [0, 0.1) is 18.3 Å². The molecule has 0 aromatic carbocycles. The molecule has 0 bridgehead atoms. The van der Waals surface area contributed by atoms with Gasteiger partial charge in [0.15, 0.2) is 5.16 Å². The Kier molecular flexibility index (Phi) is 5.28. The molecular weight excluding hydrogens is 342 g/mol. The van der Waals surface area contributed by atoms with Crippen LogP contribution in [0.5, 0.6) is 0 Å². The highest BCUT2D eigenvalue weighted by atomic mass is 32.2. The van der Waals surface area contributed by atoms with Gasteiger partial charge in [0.1, 0.15) is 4.83 Å². The Bertz CT molecular complexity index is 844. The molecule has 2 aromatic rings. The minimum absolute atomic E-state index is 0.00402. The highest BCUT2D eigenvalue weighted by molar-refractivity contribution is 8.00. The molecular formula is C17H21N3O2S2. The van der Waals surface area contributed by atoms with Gasteiger partial charge in [-0.2, -0.15) is 5.26 Å². The van der Waals surface area contributed by atoms with Crippen molar-refractivity contribution in [3.63, 3.8) is 0 Å². The lowest BCUT2D eigenvalue weighted by Gasteiger charge is -2.16. The summed E-state index contributed by atoms with van der Waals surface area (Å²) in [5.74, 6) is 0. The van der Waals surface area contributed by atoms with Crippen LogP contribution in [-0.4, -0.2) is 27.5 Å². The van der Waals surface area contributed by atoms with Crippen LogP contribution in [-0.2, 0) is 17.7 Å². The first-order valence-electron chi connectivity index (χ1n) is 8.25. The molecule has 24 heavy (non-hydrogen) atoms. The summed E-state index contributed by atoms with van der Waals surface area (Å²) in [5.41, 5.74) is 1.10. The molecule has 3 rings (SSSR count). The van der Waals surface area contributed by atoms with Crippen LogP contribution < -0.4 is 5.56 Å². The maximum Gasteiger partial charge on any atom is 0.263 e. The predicted molar refractivity (Wildman–Crippen MR) is 97.9 cm³/mol. The molecule has 128 valence electrons. The Hall–Kier alpha value is -1.36. The van der Waals surface area contributed by atoms with Gasteiger partial charge in [0.05, 0.1) is 29.4 Å². The summed E-state index contributed by atoms with van der Waals surface area (Å²) in [4.78, 5) is 19.8. The second kappa shape index (κ2) is 7.26. The molecule has 3 heterocycles. The Morgan fingerprint density at radius 1 is 1.58 bits per heavy atom. The summed E-state index contributed by atoms with van der Waals surface area (Å²) < 4.78 is 7.44. The average molecular weight is 364 g/mol. The number of ether oxygens (including phenoxy) is 1. The number of nitriles is 1. The van der Waals surface area contributed by atoms with Gasteiger partial charge in [-0.25, -0.2) is 4.98 Å². The zero-order valence-electron chi connectivity index (χ0n) is 14.2. The fraction of sp³-hybridized carbons (Fsp3) is 0.588. The van der Waals surface area contributed by atoms with Gasteiger partial charge < -0.3 is 4.74 Å². The van der Waals surface area contributed by atoms with Gasteiger partial charge in [-0.15, -0.1) is 11.3 Å². The van der Waals surface area contributed by atoms with E-state index in [-0.39, 0.29) is 16.9 Å². The van der Waals surface area contributed by atoms with E-state index >= 15 is 0 Å². The maximum absolute atomic E-state index is 13.2. The number of thioether (sulfide) groups is 1. The quantitative estimate of drug-likeness (QED) is 0.601. The highest BCUT2D eigenvalue weighted by Crippen LogP contribution is 2.31. The third-order valence-electron chi connectivity index (χ3n) is 4.31. The number of hydrogen-bond acceptors (Lipinski definition) is 6. The van der Waals surface area contributed by atoms with E-state index in [4.69, 9.17) is 15.0 Å². The fourth-order valence-corrected chi connectivity index (χ4v) is 5.04. The molecule has 0 radical (unpaired) electrons. The van der Waals surface area contributed by atoms with Crippen molar-refractivity contribution in [2.45, 2.75) is 63.1 Å². The molecule has 0 saturated carbocycles. The molecule has 1 aliphatic rings. The van der Waals surface area contributed by atoms with Crippen molar-refractivity contribution in [1.82, 2.24) is 9.55 Å². The van der Waals surface area contributed by atoms with Crippen molar-refractivity contribution in [3.8, 4) is 6.07 Å². The third kappa shape index (κ3) is 3.23. The molecule has 7 heteroatoms. The summed E-state index contributed by atoms with van der Waals surface area (Å²) in [6, 6.07) is 2.21. The first kappa shape index (κ1) is 17.5. The van der Waals surface area contributed by atoms with E-state index in [2.05, 4.69) is 13.0 Å². The van der Waals surface area contributed by atoms with Crippen molar-refractivity contribution in [1.29, 1.82) is 5.26 Å². The number of nitrogens with zero attached hydrogens (tertiary/aromatic N) is 3. The van der Waals surface area contributed by atoms with Crippen LogP contribution in [0.15, 0.2) is 9.95 Å². The summed E-state index contributed by atoms with van der Waals surface area (Å²) in [7, 11) is 0. The zero-order chi connectivity index (χ0) is 17.3. The first-order valence-corrected chi connectivity index (χ1v) is 9.95. The number of rotatable bonds is 5. The Labute approximate surface area is 149 Å². The Morgan fingerprint density at radius 2 is 2.38 bits per heavy atom. The van der Waals surface area contributed by atoms with Crippen LogP contribution in [0.2, 0.25) is 0 Å². The van der Waals surface area contributed by atoms with Crippen LogP contribution >= 0.6 is 23.1 Å². The van der Waals surface area contributed by atoms with Crippen LogP contribution in [0.4, 0.5) is 0 Å². The Balaban J connectivity index is 2.15. The standard InChI is InChI=1S/C17H21N3O2S2/c1-4-13-11(3)24-15-14(13)16(21)20(9-12-6-5-7-22-12)17(19-15)23-10(2)8-18/h10,12H,4-7,9H2,1-3H3. The summed E-state index contributed by atoms with van der Waals surface area (Å²) in [5, 5.41) is 10.2. The van der Waals surface area contributed by atoms with Gasteiger partial charge in [-0.05, 0) is 38.7 Å². The second-order valence-corrected chi connectivity index (χ2v) is 8.52. The molecule has 0 spiro atoms. The van der Waals surface area contributed by atoms with Crippen LogP contribution in [0.1, 0.15) is 37.1 Å².